The molecule has 0 saturated heterocycles. The van der Waals surface area contributed by atoms with Gasteiger partial charge in [-0.2, -0.15) is 12.6 Å². The Morgan fingerprint density at radius 1 is 1.40 bits per heavy atom. The second-order valence-corrected chi connectivity index (χ2v) is 5.95. The highest BCUT2D eigenvalue weighted by Crippen LogP contribution is 2.24. The van der Waals surface area contributed by atoms with Gasteiger partial charge in [0.25, 0.3) is 0 Å². The third-order valence-electron chi connectivity index (χ3n) is 3.25. The number of aryl methyl sites for hydroxylation is 1. The van der Waals surface area contributed by atoms with Gasteiger partial charge in [-0.25, -0.2) is 0 Å². The van der Waals surface area contributed by atoms with Crippen LogP contribution in [0.4, 0.5) is 5.69 Å². The Balaban J connectivity index is 3.05. The molecule has 1 aromatic heterocycles. The maximum atomic E-state index is 12.8. The molecule has 0 aliphatic rings. The Hall–Kier alpha value is -1.26. The SMILES string of the molecule is C/C=c1/c(=O)c2c(NCS)ccc(C)c2s/c1=C/CC. The summed E-state index contributed by atoms with van der Waals surface area (Å²) in [6.07, 6.45) is 4.96. The van der Waals surface area contributed by atoms with Crippen LogP contribution in [-0.2, 0) is 0 Å². The van der Waals surface area contributed by atoms with Gasteiger partial charge in [-0.05, 0) is 31.9 Å². The summed E-state index contributed by atoms with van der Waals surface area (Å²) in [5, 5.41) is 4.75. The van der Waals surface area contributed by atoms with Crippen molar-refractivity contribution >= 4 is 51.9 Å². The molecule has 0 spiro atoms. The number of rotatable bonds is 3. The predicted molar refractivity (Wildman–Crippen MR) is 94.5 cm³/mol. The topological polar surface area (TPSA) is 29.1 Å². The van der Waals surface area contributed by atoms with Crippen molar-refractivity contribution in [2.75, 3.05) is 11.2 Å². The highest BCUT2D eigenvalue weighted by Gasteiger charge is 2.09. The summed E-state index contributed by atoms with van der Waals surface area (Å²) < 4.78 is 2.13. The van der Waals surface area contributed by atoms with E-state index in [1.807, 2.05) is 26.0 Å². The number of fused-ring (bicyclic) bond motifs is 1. The molecule has 106 valence electrons. The minimum Gasteiger partial charge on any atom is -0.376 e. The number of thiol groups is 1. The summed E-state index contributed by atoms with van der Waals surface area (Å²) in [7, 11) is 0. The fourth-order valence-corrected chi connectivity index (χ4v) is 3.79. The van der Waals surface area contributed by atoms with Crippen LogP contribution in [0.2, 0.25) is 0 Å². The first-order valence-electron chi connectivity index (χ1n) is 6.71. The molecule has 0 aliphatic heterocycles. The maximum Gasteiger partial charge on any atom is 0.197 e. The van der Waals surface area contributed by atoms with Crippen LogP contribution in [-0.4, -0.2) is 5.88 Å². The number of hydrogen-bond acceptors (Lipinski definition) is 4. The van der Waals surface area contributed by atoms with E-state index in [0.29, 0.717) is 5.88 Å². The van der Waals surface area contributed by atoms with Gasteiger partial charge in [-0.1, -0.05) is 25.1 Å². The predicted octanol–water partition coefficient (Wildman–Crippen LogP) is 2.86. The summed E-state index contributed by atoms with van der Waals surface area (Å²) in [5.41, 5.74) is 2.11. The molecule has 0 saturated carbocycles. The Morgan fingerprint density at radius 3 is 2.75 bits per heavy atom. The fourth-order valence-electron chi connectivity index (χ4n) is 2.30. The van der Waals surface area contributed by atoms with E-state index in [1.165, 1.54) is 0 Å². The molecule has 0 unspecified atom stereocenters. The molecule has 0 aliphatic carbocycles. The van der Waals surface area contributed by atoms with Gasteiger partial charge >= 0.3 is 0 Å². The average molecular weight is 305 g/mol. The molecule has 1 N–H and O–H groups in total. The van der Waals surface area contributed by atoms with E-state index in [4.69, 9.17) is 0 Å². The summed E-state index contributed by atoms with van der Waals surface area (Å²) >= 11 is 5.89. The van der Waals surface area contributed by atoms with Gasteiger partial charge in [-0.3, -0.25) is 4.79 Å². The van der Waals surface area contributed by atoms with Crippen LogP contribution in [0.3, 0.4) is 0 Å². The molecular weight excluding hydrogens is 286 g/mol. The van der Waals surface area contributed by atoms with Crippen molar-refractivity contribution in [1.29, 1.82) is 0 Å². The van der Waals surface area contributed by atoms with E-state index in [9.17, 15) is 4.79 Å². The summed E-state index contributed by atoms with van der Waals surface area (Å²) in [4.78, 5) is 12.8. The molecule has 2 rings (SSSR count). The molecule has 4 heteroatoms. The molecule has 0 amide bonds. The first-order chi connectivity index (χ1) is 9.63. The van der Waals surface area contributed by atoms with Crippen LogP contribution in [0.5, 0.6) is 0 Å². The molecule has 2 nitrogen and oxygen atoms in total. The van der Waals surface area contributed by atoms with Crippen LogP contribution >= 0.6 is 24.0 Å². The van der Waals surface area contributed by atoms with Crippen LogP contribution < -0.4 is 20.5 Å². The molecule has 0 atom stereocenters. The van der Waals surface area contributed by atoms with Crippen molar-refractivity contribution in [3.05, 3.63) is 37.7 Å². The first-order valence-corrected chi connectivity index (χ1v) is 8.16. The van der Waals surface area contributed by atoms with E-state index >= 15 is 0 Å². The van der Waals surface area contributed by atoms with Gasteiger partial charge in [0.2, 0.25) is 0 Å². The second-order valence-electron chi connectivity index (χ2n) is 4.58. The van der Waals surface area contributed by atoms with Gasteiger partial charge in [0.05, 0.1) is 11.3 Å². The van der Waals surface area contributed by atoms with E-state index in [2.05, 4.69) is 37.0 Å². The smallest absolute Gasteiger partial charge is 0.197 e. The van der Waals surface area contributed by atoms with E-state index in [0.717, 1.165) is 37.5 Å². The Kier molecular flexibility index (Phi) is 4.89. The van der Waals surface area contributed by atoms with Crippen molar-refractivity contribution in [2.24, 2.45) is 0 Å². The molecular formula is C16H19NOS2. The quantitative estimate of drug-likeness (QED) is 0.674. The van der Waals surface area contributed by atoms with Crippen LogP contribution in [0, 0.1) is 6.92 Å². The first kappa shape index (κ1) is 15.1. The molecule has 1 heterocycles. The number of nitrogens with one attached hydrogen (secondary N) is 1. The lowest BCUT2D eigenvalue weighted by molar-refractivity contribution is 1.29. The van der Waals surface area contributed by atoms with Gasteiger partial charge < -0.3 is 5.32 Å². The van der Waals surface area contributed by atoms with Gasteiger partial charge in [0, 0.05) is 20.1 Å². The highest BCUT2D eigenvalue weighted by atomic mass is 32.1. The maximum absolute atomic E-state index is 12.8. The van der Waals surface area contributed by atoms with E-state index in [1.54, 1.807) is 11.3 Å². The van der Waals surface area contributed by atoms with Crippen molar-refractivity contribution in [3.63, 3.8) is 0 Å². The Labute approximate surface area is 128 Å². The largest absolute Gasteiger partial charge is 0.376 e. The van der Waals surface area contributed by atoms with Crippen LogP contribution in [0.25, 0.3) is 22.2 Å². The van der Waals surface area contributed by atoms with Crippen molar-refractivity contribution < 1.29 is 0 Å². The van der Waals surface area contributed by atoms with Crippen LogP contribution in [0.1, 0.15) is 25.8 Å². The van der Waals surface area contributed by atoms with Gasteiger partial charge in [0.1, 0.15) is 0 Å². The molecule has 1 aromatic carbocycles. The fraction of sp³-hybridized carbons (Fsp3) is 0.312. The van der Waals surface area contributed by atoms with Crippen molar-refractivity contribution in [3.8, 4) is 0 Å². The van der Waals surface area contributed by atoms with E-state index in [-0.39, 0.29) is 5.43 Å². The molecule has 0 fully saturated rings. The molecule has 0 radical (unpaired) electrons. The lowest BCUT2D eigenvalue weighted by Gasteiger charge is -2.09. The highest BCUT2D eigenvalue weighted by molar-refractivity contribution is 7.80. The third kappa shape index (κ3) is 2.63. The summed E-state index contributed by atoms with van der Waals surface area (Å²) in [6, 6.07) is 4.01. The molecule has 20 heavy (non-hydrogen) atoms. The zero-order valence-corrected chi connectivity index (χ0v) is 13.7. The van der Waals surface area contributed by atoms with Crippen molar-refractivity contribution in [1.82, 2.24) is 0 Å². The Bertz CT molecular complexity index is 806. The normalized spacial score (nSPS) is 13.2. The molecule has 2 aromatic rings. The average Bonchev–Trinajstić information content (AvgIpc) is 2.43. The number of anilines is 1. The molecule has 0 bridgehead atoms. The standard InChI is InChI=1S/C16H19NOS2/c1-4-6-13-11(5-2)15(18)14-12(17-9-19)8-7-10(3)16(14)20-13/h5-8,17,19H,4,9H2,1-3H3/b11-5+,13-6+. The minimum atomic E-state index is 0.105. The van der Waals surface area contributed by atoms with E-state index < -0.39 is 0 Å². The van der Waals surface area contributed by atoms with Crippen molar-refractivity contribution in [2.45, 2.75) is 27.2 Å². The monoisotopic (exact) mass is 305 g/mol. The Morgan fingerprint density at radius 2 is 2.15 bits per heavy atom. The number of hydrogen-bond donors (Lipinski definition) is 2. The summed E-state index contributed by atoms with van der Waals surface area (Å²) in [6.45, 7) is 6.06. The minimum absolute atomic E-state index is 0.105. The zero-order chi connectivity index (χ0) is 14.7. The summed E-state index contributed by atoms with van der Waals surface area (Å²) in [5.74, 6) is 0.510. The lowest BCUT2D eigenvalue weighted by Crippen LogP contribution is -2.37. The second kappa shape index (κ2) is 6.46. The lowest BCUT2D eigenvalue weighted by atomic mass is 10.1. The zero-order valence-electron chi connectivity index (χ0n) is 12.0. The third-order valence-corrected chi connectivity index (χ3v) is 4.75. The number of benzene rings is 1. The van der Waals surface area contributed by atoms with Gasteiger partial charge in [0.15, 0.2) is 5.43 Å². The van der Waals surface area contributed by atoms with Gasteiger partial charge in [-0.15, -0.1) is 11.3 Å². The van der Waals surface area contributed by atoms with Crippen LogP contribution in [0.15, 0.2) is 16.9 Å².